The van der Waals surface area contributed by atoms with Crippen molar-refractivity contribution in [3.63, 3.8) is 0 Å². The van der Waals surface area contributed by atoms with Crippen LogP contribution < -0.4 is 21.1 Å². The molecule has 0 aliphatic carbocycles. The molecule has 1 unspecified atom stereocenters. The van der Waals surface area contributed by atoms with Gasteiger partial charge in [0.05, 0.1) is 18.4 Å². The number of rotatable bonds is 6. The lowest BCUT2D eigenvalue weighted by molar-refractivity contribution is -0.133. The molecule has 1 heterocycles. The van der Waals surface area contributed by atoms with Crippen molar-refractivity contribution in [2.45, 2.75) is 12.5 Å². The summed E-state index contributed by atoms with van der Waals surface area (Å²) < 4.78 is 32.6. The van der Waals surface area contributed by atoms with Gasteiger partial charge in [0.1, 0.15) is 29.5 Å². The molecule has 1 atom stereocenters. The molecule has 3 rings (SSSR count). The molecule has 0 spiro atoms. The van der Waals surface area contributed by atoms with Gasteiger partial charge in [-0.2, -0.15) is 0 Å². The van der Waals surface area contributed by atoms with E-state index in [-0.39, 0.29) is 0 Å². The molecule has 0 radical (unpaired) electrons. The highest BCUT2D eigenvalue weighted by Gasteiger charge is 2.49. The van der Waals surface area contributed by atoms with Gasteiger partial charge in [-0.25, -0.2) is 13.6 Å². The zero-order valence-electron chi connectivity index (χ0n) is 16.5. The van der Waals surface area contributed by atoms with E-state index in [1.165, 1.54) is 14.0 Å². The number of carbonyl (C=O) groups is 4. The largest absolute Gasteiger partial charge is 0.497 e. The Balaban J connectivity index is 1.77. The van der Waals surface area contributed by atoms with Crippen molar-refractivity contribution < 1.29 is 32.7 Å². The van der Waals surface area contributed by atoms with Gasteiger partial charge < -0.3 is 21.1 Å². The van der Waals surface area contributed by atoms with Crippen LogP contribution in [0.3, 0.4) is 0 Å². The second-order valence-corrected chi connectivity index (χ2v) is 6.90. The minimum Gasteiger partial charge on any atom is -0.497 e. The maximum atomic E-state index is 14.0. The zero-order chi connectivity index (χ0) is 22.9. The molecule has 1 aliphatic heterocycles. The van der Waals surface area contributed by atoms with Crippen molar-refractivity contribution in [3.8, 4) is 5.75 Å². The fourth-order valence-electron chi connectivity index (χ4n) is 3.13. The first-order chi connectivity index (χ1) is 14.6. The number of nitrogens with zero attached hydrogens (tertiary/aromatic N) is 1. The van der Waals surface area contributed by atoms with Crippen molar-refractivity contribution in [2.75, 3.05) is 19.0 Å². The maximum Gasteiger partial charge on any atom is 0.325 e. The summed E-state index contributed by atoms with van der Waals surface area (Å²) in [5.41, 5.74) is 2.90. The van der Waals surface area contributed by atoms with E-state index in [2.05, 4.69) is 10.6 Å². The van der Waals surface area contributed by atoms with Gasteiger partial charge in [-0.1, -0.05) is 12.1 Å². The lowest BCUT2D eigenvalue weighted by Gasteiger charge is -2.22. The van der Waals surface area contributed by atoms with E-state index < -0.39 is 58.7 Å². The van der Waals surface area contributed by atoms with Crippen LogP contribution in [0.5, 0.6) is 5.75 Å². The molecule has 11 heteroatoms. The average Bonchev–Trinajstić information content (AvgIpc) is 2.93. The minimum atomic E-state index is -1.43. The molecule has 1 fully saturated rings. The highest BCUT2D eigenvalue weighted by molar-refractivity contribution is 6.10. The van der Waals surface area contributed by atoms with Crippen LogP contribution in [0.1, 0.15) is 22.8 Å². The van der Waals surface area contributed by atoms with E-state index in [4.69, 9.17) is 10.5 Å². The highest BCUT2D eigenvalue weighted by atomic mass is 19.1. The van der Waals surface area contributed by atoms with E-state index >= 15 is 0 Å². The third-order valence-corrected chi connectivity index (χ3v) is 4.84. The number of nitrogens with one attached hydrogen (secondary N) is 2. The number of imide groups is 1. The fraction of sp³-hybridized carbons (Fsp3) is 0.200. The number of anilines is 1. The van der Waals surface area contributed by atoms with Crippen LogP contribution in [0, 0.1) is 11.6 Å². The molecular formula is C20H18F2N4O5. The molecular weight excluding hydrogens is 414 g/mol. The molecule has 2 aromatic carbocycles. The number of ether oxygens (including phenoxy) is 1. The Morgan fingerprint density at radius 1 is 1.16 bits per heavy atom. The zero-order valence-corrected chi connectivity index (χ0v) is 16.5. The number of primary amides is 1. The number of methoxy groups -OCH3 is 1. The molecule has 2 aromatic rings. The normalized spacial score (nSPS) is 18.0. The summed E-state index contributed by atoms with van der Waals surface area (Å²) in [7, 11) is 1.48. The molecule has 1 saturated heterocycles. The number of hydrogen-bond donors (Lipinski definition) is 3. The van der Waals surface area contributed by atoms with Crippen LogP contribution in [-0.2, 0) is 15.1 Å². The molecule has 0 bridgehead atoms. The lowest BCUT2D eigenvalue weighted by atomic mass is 9.92. The monoisotopic (exact) mass is 432 g/mol. The predicted octanol–water partition coefficient (Wildman–Crippen LogP) is 1.48. The van der Waals surface area contributed by atoms with Crippen molar-refractivity contribution in [2.24, 2.45) is 5.73 Å². The van der Waals surface area contributed by atoms with Crippen LogP contribution in [0.2, 0.25) is 0 Å². The van der Waals surface area contributed by atoms with E-state index in [1.54, 1.807) is 24.3 Å². The average molecular weight is 432 g/mol. The van der Waals surface area contributed by atoms with Crippen LogP contribution >= 0.6 is 0 Å². The molecule has 0 saturated carbocycles. The smallest absolute Gasteiger partial charge is 0.325 e. The first-order valence-corrected chi connectivity index (χ1v) is 8.94. The quantitative estimate of drug-likeness (QED) is 0.595. The number of benzene rings is 2. The lowest BCUT2D eigenvalue weighted by Crippen LogP contribution is -2.42. The van der Waals surface area contributed by atoms with Gasteiger partial charge in [0.15, 0.2) is 0 Å². The van der Waals surface area contributed by atoms with Crippen molar-refractivity contribution in [1.29, 1.82) is 0 Å². The Morgan fingerprint density at radius 3 is 2.39 bits per heavy atom. The number of urea groups is 1. The molecule has 1 aliphatic rings. The Labute approximate surface area is 175 Å². The fourth-order valence-corrected chi connectivity index (χ4v) is 3.13. The van der Waals surface area contributed by atoms with E-state index in [0.29, 0.717) is 22.3 Å². The summed E-state index contributed by atoms with van der Waals surface area (Å²) in [4.78, 5) is 49.4. The summed E-state index contributed by atoms with van der Waals surface area (Å²) in [6.45, 7) is 0.741. The van der Waals surface area contributed by atoms with E-state index in [9.17, 15) is 28.0 Å². The molecule has 9 nitrogen and oxygen atoms in total. The van der Waals surface area contributed by atoms with Crippen molar-refractivity contribution in [3.05, 3.63) is 59.2 Å². The molecule has 4 N–H and O–H groups in total. The number of hydrogen-bond acceptors (Lipinski definition) is 5. The first kappa shape index (κ1) is 21.7. The van der Waals surface area contributed by atoms with Gasteiger partial charge in [-0.05, 0) is 30.7 Å². The van der Waals surface area contributed by atoms with E-state index in [1.807, 2.05) is 0 Å². The number of halogens is 2. The summed E-state index contributed by atoms with van der Waals surface area (Å²) in [6.07, 6.45) is 0. The van der Waals surface area contributed by atoms with Crippen LogP contribution in [0.4, 0.5) is 19.3 Å². The van der Waals surface area contributed by atoms with Gasteiger partial charge in [0.25, 0.3) is 11.8 Å². The third-order valence-electron chi connectivity index (χ3n) is 4.84. The standard InChI is InChI=1S/C20H18F2N4O5/c1-20(10-3-5-11(31-2)6-4-10)18(29)26(19(30)25-20)9-16(27)24-15-7-12(17(23)28)13(21)8-14(15)22/h3-8H,9H2,1-2H3,(H2,23,28)(H,24,27)(H,25,30). The van der Waals surface area contributed by atoms with Crippen molar-refractivity contribution in [1.82, 2.24) is 10.2 Å². The highest BCUT2D eigenvalue weighted by Crippen LogP contribution is 2.30. The summed E-state index contributed by atoms with van der Waals surface area (Å²) >= 11 is 0. The summed E-state index contributed by atoms with van der Waals surface area (Å²) in [5.74, 6) is -4.59. The van der Waals surface area contributed by atoms with Gasteiger partial charge in [-0.3, -0.25) is 19.3 Å². The molecule has 5 amide bonds. The van der Waals surface area contributed by atoms with E-state index in [0.717, 1.165) is 6.07 Å². The minimum absolute atomic E-state index is 0.393. The van der Waals surface area contributed by atoms with Crippen LogP contribution in [0.15, 0.2) is 36.4 Å². The maximum absolute atomic E-state index is 14.0. The molecule has 31 heavy (non-hydrogen) atoms. The second kappa shape index (κ2) is 8.01. The Hall–Kier alpha value is -4.02. The van der Waals surface area contributed by atoms with Gasteiger partial charge >= 0.3 is 6.03 Å². The predicted molar refractivity (Wildman–Crippen MR) is 104 cm³/mol. The third kappa shape index (κ3) is 4.02. The van der Waals surface area contributed by atoms with Gasteiger partial charge in [0.2, 0.25) is 5.91 Å². The van der Waals surface area contributed by atoms with Gasteiger partial charge in [-0.15, -0.1) is 0 Å². The summed E-state index contributed by atoms with van der Waals surface area (Å²) in [5, 5.41) is 4.63. The summed E-state index contributed by atoms with van der Waals surface area (Å²) in [6, 6.07) is 6.73. The van der Waals surface area contributed by atoms with Crippen molar-refractivity contribution >= 4 is 29.4 Å². The van der Waals surface area contributed by atoms with Crippen LogP contribution in [-0.4, -0.2) is 42.3 Å². The van der Waals surface area contributed by atoms with Gasteiger partial charge in [0, 0.05) is 6.07 Å². The first-order valence-electron chi connectivity index (χ1n) is 8.94. The molecule has 0 aromatic heterocycles. The Kier molecular flexibility index (Phi) is 5.60. The Morgan fingerprint density at radius 2 is 1.81 bits per heavy atom. The second-order valence-electron chi connectivity index (χ2n) is 6.90. The number of amides is 5. The SMILES string of the molecule is COc1ccc(C2(C)NC(=O)N(CC(=O)Nc3cc(C(N)=O)c(F)cc3F)C2=O)cc1. The number of nitrogens with two attached hydrogens (primary N) is 1. The topological polar surface area (TPSA) is 131 Å². The molecule has 162 valence electrons. The Bertz CT molecular complexity index is 1090. The van der Waals surface area contributed by atoms with Crippen LogP contribution in [0.25, 0.3) is 0 Å². The number of carbonyl (C=O) groups excluding carboxylic acids is 4.